The minimum absolute atomic E-state index is 0.177. The number of aromatic nitrogens is 4. The van der Waals surface area contributed by atoms with Crippen LogP contribution in [0.4, 0.5) is 22.0 Å². The van der Waals surface area contributed by atoms with E-state index < -0.39 is 36.2 Å². The van der Waals surface area contributed by atoms with Crippen LogP contribution >= 0.6 is 0 Å². The third-order valence-corrected chi connectivity index (χ3v) is 5.63. The number of hydrogen-bond donors (Lipinski definition) is 1. The number of nitrogens with zero attached hydrogens (tertiary/aromatic N) is 4. The van der Waals surface area contributed by atoms with Crippen LogP contribution in [0.15, 0.2) is 30.6 Å². The first-order valence-corrected chi connectivity index (χ1v) is 10.9. The molecule has 3 aromatic rings. The molecule has 0 radical (unpaired) electrons. The monoisotopic (exact) mass is 515 g/mol. The fourth-order valence-electron chi connectivity index (χ4n) is 3.97. The summed E-state index contributed by atoms with van der Waals surface area (Å²) in [6, 6.07) is 3.06. The van der Waals surface area contributed by atoms with Gasteiger partial charge in [-0.15, -0.1) is 13.2 Å². The summed E-state index contributed by atoms with van der Waals surface area (Å²) in [4.78, 5) is 24.9. The first kappa shape index (κ1) is 25.7. The Morgan fingerprint density at radius 1 is 1.28 bits per heavy atom. The predicted molar refractivity (Wildman–Crippen MR) is 114 cm³/mol. The first-order valence-electron chi connectivity index (χ1n) is 10.9. The number of rotatable bonds is 9. The molecule has 0 bridgehead atoms. The minimum atomic E-state index is -4.87. The molecule has 0 unspecified atom stereocenters. The molecule has 1 aliphatic rings. The summed E-state index contributed by atoms with van der Waals surface area (Å²) in [5.74, 6) is -0.956. The number of halogens is 5. The van der Waals surface area contributed by atoms with Gasteiger partial charge in [0.2, 0.25) is 0 Å². The Kier molecular flexibility index (Phi) is 7.64. The van der Waals surface area contributed by atoms with Gasteiger partial charge in [0.15, 0.2) is 0 Å². The molecule has 0 aliphatic carbocycles. The number of ether oxygens (including phenoxy) is 3. The van der Waals surface area contributed by atoms with Gasteiger partial charge in [-0.25, -0.2) is 18.7 Å². The third kappa shape index (κ3) is 5.87. The third-order valence-electron chi connectivity index (χ3n) is 5.63. The quantitative estimate of drug-likeness (QED) is 0.433. The van der Waals surface area contributed by atoms with E-state index in [-0.39, 0.29) is 23.7 Å². The van der Waals surface area contributed by atoms with Crippen LogP contribution < -0.4 is 10.1 Å². The zero-order valence-electron chi connectivity index (χ0n) is 19.0. The zero-order valence-corrected chi connectivity index (χ0v) is 19.0. The van der Waals surface area contributed by atoms with Gasteiger partial charge in [-0.2, -0.15) is 0 Å². The molecule has 1 N–H and O–H groups in total. The van der Waals surface area contributed by atoms with Gasteiger partial charge in [-0.1, -0.05) is 0 Å². The van der Waals surface area contributed by atoms with Crippen LogP contribution in [0.3, 0.4) is 0 Å². The van der Waals surface area contributed by atoms with E-state index in [4.69, 9.17) is 9.47 Å². The van der Waals surface area contributed by atoms with Gasteiger partial charge in [0.1, 0.15) is 23.0 Å². The number of carbonyl (C=O) groups excluding carboxylic acids is 1. The van der Waals surface area contributed by atoms with E-state index in [2.05, 4.69) is 25.0 Å². The van der Waals surface area contributed by atoms with Gasteiger partial charge in [0.05, 0.1) is 42.7 Å². The smallest absolute Gasteiger partial charge is 0.406 e. The van der Waals surface area contributed by atoms with Crippen molar-refractivity contribution in [1.82, 2.24) is 24.8 Å². The van der Waals surface area contributed by atoms with Crippen molar-refractivity contribution < 1.29 is 41.0 Å². The molecule has 9 nitrogen and oxygen atoms in total. The molecule has 1 saturated heterocycles. The van der Waals surface area contributed by atoms with Crippen LogP contribution in [0.25, 0.3) is 11.0 Å². The van der Waals surface area contributed by atoms with Crippen molar-refractivity contribution in [3.63, 3.8) is 0 Å². The second-order valence-electron chi connectivity index (χ2n) is 8.01. The van der Waals surface area contributed by atoms with Gasteiger partial charge in [-0.05, 0) is 18.6 Å². The maximum Gasteiger partial charge on any atom is 0.573 e. The molecule has 36 heavy (non-hydrogen) atoms. The largest absolute Gasteiger partial charge is 0.573 e. The highest BCUT2D eigenvalue weighted by Crippen LogP contribution is 2.33. The number of hydrogen-bond acceptors (Lipinski definition) is 7. The number of methoxy groups -OCH3 is 1. The van der Waals surface area contributed by atoms with Crippen LogP contribution in [0, 0.1) is 5.92 Å². The molecule has 2 aromatic heterocycles. The van der Waals surface area contributed by atoms with Gasteiger partial charge in [-0.3, -0.25) is 9.78 Å². The summed E-state index contributed by atoms with van der Waals surface area (Å²) >= 11 is 0. The molecule has 4 rings (SSSR count). The predicted octanol–water partition coefficient (Wildman–Crippen LogP) is 3.82. The molecular formula is C22H22F5N5O4. The van der Waals surface area contributed by atoms with Crippen molar-refractivity contribution in [2.24, 2.45) is 5.92 Å². The number of nitrogens with one attached hydrogen (secondary N) is 1. The summed E-state index contributed by atoms with van der Waals surface area (Å²) in [5.41, 5.74) is -0.00725. The molecule has 0 saturated carbocycles. The average Bonchev–Trinajstić information content (AvgIpc) is 3.48. The molecular weight excluding hydrogens is 493 g/mol. The molecule has 0 spiro atoms. The molecule has 3 heterocycles. The standard InChI is InChI=1S/C22H22F5N5O4/c1-34-7-5-32-17-3-2-13(36-22(25,26)27)8-14(17)30-20(32)18(12-4-6-35-11-12)31-21(33)16-10-28-15(9-29-16)19(23)24/h2-3,8-10,12,18-19H,4-7,11H2,1H3,(H,31,33)/t12-,18-/m0/s1. The summed E-state index contributed by atoms with van der Waals surface area (Å²) in [6.07, 6.45) is -5.34. The number of imidazole rings is 1. The van der Waals surface area contributed by atoms with E-state index in [1.54, 1.807) is 4.57 Å². The number of benzene rings is 1. The Hall–Kier alpha value is -3.39. The SMILES string of the molecule is COCCn1c([C@@H](NC(=O)c2cnc(C(F)F)cn2)[C@H]2CCOC2)nc2cc(OC(F)(F)F)ccc21. The molecule has 194 valence electrons. The van der Waals surface area contributed by atoms with Crippen molar-refractivity contribution in [3.8, 4) is 5.75 Å². The van der Waals surface area contributed by atoms with Crippen molar-refractivity contribution in [2.45, 2.75) is 31.8 Å². The van der Waals surface area contributed by atoms with Crippen LogP contribution in [0.2, 0.25) is 0 Å². The van der Waals surface area contributed by atoms with E-state index >= 15 is 0 Å². The lowest BCUT2D eigenvalue weighted by atomic mass is 9.98. The Morgan fingerprint density at radius 2 is 2.08 bits per heavy atom. The van der Waals surface area contributed by atoms with E-state index in [1.165, 1.54) is 19.2 Å². The summed E-state index contributed by atoms with van der Waals surface area (Å²) < 4.78 is 80.2. The van der Waals surface area contributed by atoms with Crippen LogP contribution in [-0.4, -0.2) is 58.7 Å². The normalized spacial score (nSPS) is 17.0. The first-order chi connectivity index (χ1) is 17.2. The van der Waals surface area contributed by atoms with Gasteiger partial charge in [0.25, 0.3) is 12.3 Å². The number of amides is 1. The van der Waals surface area contributed by atoms with Gasteiger partial charge >= 0.3 is 6.36 Å². The maximum atomic E-state index is 13.0. The second-order valence-corrected chi connectivity index (χ2v) is 8.01. The lowest BCUT2D eigenvalue weighted by Crippen LogP contribution is -2.36. The molecule has 14 heteroatoms. The lowest BCUT2D eigenvalue weighted by molar-refractivity contribution is -0.274. The van der Waals surface area contributed by atoms with Crippen molar-refractivity contribution >= 4 is 16.9 Å². The summed E-state index contributed by atoms with van der Waals surface area (Å²) in [7, 11) is 1.50. The van der Waals surface area contributed by atoms with Gasteiger partial charge < -0.3 is 24.1 Å². The van der Waals surface area contributed by atoms with Crippen molar-refractivity contribution in [2.75, 3.05) is 26.9 Å². The van der Waals surface area contributed by atoms with Crippen LogP contribution in [0.5, 0.6) is 5.75 Å². The van der Waals surface area contributed by atoms with E-state index in [0.717, 1.165) is 18.5 Å². The number of alkyl halides is 5. The maximum absolute atomic E-state index is 13.0. The number of carbonyl (C=O) groups is 1. The Morgan fingerprint density at radius 3 is 2.69 bits per heavy atom. The Bertz CT molecular complexity index is 1200. The minimum Gasteiger partial charge on any atom is -0.406 e. The zero-order chi connectivity index (χ0) is 25.9. The average molecular weight is 515 g/mol. The van der Waals surface area contributed by atoms with E-state index in [1.807, 2.05) is 0 Å². The molecule has 1 amide bonds. The van der Waals surface area contributed by atoms with Crippen molar-refractivity contribution in [1.29, 1.82) is 0 Å². The van der Waals surface area contributed by atoms with Crippen LogP contribution in [-0.2, 0) is 16.0 Å². The molecule has 1 aliphatic heterocycles. The topological polar surface area (TPSA) is 100 Å². The summed E-state index contributed by atoms with van der Waals surface area (Å²) in [6.45, 7) is 1.31. The molecule has 2 atom stereocenters. The van der Waals surface area contributed by atoms with Crippen molar-refractivity contribution in [3.05, 3.63) is 47.8 Å². The Labute approximate surface area is 201 Å². The highest BCUT2D eigenvalue weighted by Gasteiger charge is 2.34. The van der Waals surface area contributed by atoms with E-state index in [9.17, 15) is 26.7 Å². The lowest BCUT2D eigenvalue weighted by Gasteiger charge is -2.24. The van der Waals surface area contributed by atoms with Crippen LogP contribution in [0.1, 0.15) is 40.9 Å². The fraction of sp³-hybridized carbons (Fsp3) is 0.455. The molecule has 1 fully saturated rings. The highest BCUT2D eigenvalue weighted by molar-refractivity contribution is 5.92. The fourth-order valence-corrected chi connectivity index (χ4v) is 3.97. The second kappa shape index (κ2) is 10.7. The summed E-state index contributed by atoms with van der Waals surface area (Å²) in [5, 5.41) is 2.83. The highest BCUT2D eigenvalue weighted by atomic mass is 19.4. The van der Waals surface area contributed by atoms with Gasteiger partial charge in [0, 0.05) is 32.2 Å². The number of fused-ring (bicyclic) bond motifs is 1. The Balaban J connectivity index is 1.71. The van der Waals surface area contributed by atoms with E-state index in [0.29, 0.717) is 37.5 Å². The molecule has 1 aromatic carbocycles.